The Balaban J connectivity index is 0.773. The maximum atomic E-state index is 13.3. The minimum atomic E-state index is -1.25. The van der Waals surface area contributed by atoms with Crippen molar-refractivity contribution >= 4 is 75.7 Å². The third-order valence-electron chi connectivity index (χ3n) is 12.6. The zero-order valence-corrected chi connectivity index (χ0v) is 34.7. The number of aromatic nitrogens is 4. The first-order chi connectivity index (χ1) is 30.2. The molecule has 2 aromatic heterocycles. The number of likely N-dealkylation sites (tertiary alicyclic amines) is 1. The summed E-state index contributed by atoms with van der Waals surface area (Å²) in [6.07, 6.45) is 5.17. The molecule has 4 aromatic rings. The van der Waals surface area contributed by atoms with E-state index in [9.17, 15) is 38.7 Å². The van der Waals surface area contributed by atoms with Crippen molar-refractivity contribution < 1.29 is 38.7 Å². The van der Waals surface area contributed by atoms with Gasteiger partial charge in [0.05, 0.1) is 29.6 Å². The number of carboxylic acid groups (broad SMARTS) is 1. The van der Waals surface area contributed by atoms with Crippen LogP contribution in [0.15, 0.2) is 48.7 Å². The smallest absolute Gasteiger partial charge is 0.326 e. The van der Waals surface area contributed by atoms with Gasteiger partial charge in [0.25, 0.3) is 17.7 Å². The first-order valence-corrected chi connectivity index (χ1v) is 21.0. The highest BCUT2D eigenvalue weighted by molar-refractivity contribution is 6.23. The molecule has 20 heteroatoms. The van der Waals surface area contributed by atoms with Crippen molar-refractivity contribution in [3.05, 3.63) is 71.0 Å². The van der Waals surface area contributed by atoms with E-state index in [2.05, 4.69) is 35.5 Å². The number of nitrogen functional groups attached to an aromatic ring is 2. The van der Waals surface area contributed by atoms with Crippen LogP contribution in [0.5, 0.6) is 0 Å². The fourth-order valence-corrected chi connectivity index (χ4v) is 9.09. The normalized spacial score (nSPS) is 18.9. The van der Waals surface area contributed by atoms with Crippen LogP contribution in [0.2, 0.25) is 0 Å². The Labute approximate surface area is 361 Å². The van der Waals surface area contributed by atoms with E-state index in [0.29, 0.717) is 48.3 Å². The SMILES string of the molecule is CN(Cc1cnc2nc(N)nc(N)c2n1)c1ccc(C(=O)N[C@@H](CCC(=O)N2CCC(C3CCN(c4ccc5c(c4)C(=O)N(C4CCC(=O)NC4=O)C5=O)CC3)CC2)C(=O)O)cc1. The first kappa shape index (κ1) is 42.4. The molecule has 328 valence electrons. The number of piperidine rings is 3. The van der Waals surface area contributed by atoms with Gasteiger partial charge in [-0.2, -0.15) is 9.97 Å². The molecule has 6 amide bonds. The van der Waals surface area contributed by atoms with E-state index in [-0.39, 0.29) is 60.0 Å². The average Bonchev–Trinajstić information content (AvgIpc) is 3.52. The molecule has 8 rings (SSSR count). The van der Waals surface area contributed by atoms with Crippen molar-refractivity contribution in [2.75, 3.05) is 54.5 Å². The van der Waals surface area contributed by atoms with Gasteiger partial charge in [0.2, 0.25) is 23.7 Å². The maximum Gasteiger partial charge on any atom is 0.326 e. The van der Waals surface area contributed by atoms with Crippen LogP contribution in [0.3, 0.4) is 0 Å². The molecule has 2 atom stereocenters. The summed E-state index contributed by atoms with van der Waals surface area (Å²) in [5.74, 6) is -3.04. The molecule has 0 radical (unpaired) electrons. The molecular formula is C43H48N12O8. The predicted octanol–water partition coefficient (Wildman–Crippen LogP) is 1.74. The molecule has 3 saturated heterocycles. The van der Waals surface area contributed by atoms with E-state index in [1.165, 1.54) is 0 Å². The topological polar surface area (TPSA) is 280 Å². The molecule has 2 aromatic carbocycles. The number of fused-ring (bicyclic) bond motifs is 2. The summed E-state index contributed by atoms with van der Waals surface area (Å²) < 4.78 is 0. The lowest BCUT2D eigenvalue weighted by Crippen LogP contribution is -2.54. The Hall–Kier alpha value is -7.25. The number of carboxylic acids is 1. The molecule has 7 N–H and O–H groups in total. The van der Waals surface area contributed by atoms with Crippen molar-refractivity contribution in [3.8, 4) is 0 Å². The molecule has 0 aliphatic carbocycles. The van der Waals surface area contributed by atoms with Gasteiger partial charge in [-0.1, -0.05) is 0 Å². The Morgan fingerprint density at radius 2 is 1.57 bits per heavy atom. The number of carbonyl (C=O) groups is 7. The van der Waals surface area contributed by atoms with Crippen molar-refractivity contribution in [1.82, 2.24) is 40.4 Å². The Morgan fingerprint density at radius 3 is 2.25 bits per heavy atom. The maximum absolute atomic E-state index is 13.3. The summed E-state index contributed by atoms with van der Waals surface area (Å²) in [6, 6.07) is 9.58. The summed E-state index contributed by atoms with van der Waals surface area (Å²) >= 11 is 0. The highest BCUT2D eigenvalue weighted by atomic mass is 16.4. The highest BCUT2D eigenvalue weighted by Crippen LogP contribution is 2.36. The van der Waals surface area contributed by atoms with Gasteiger partial charge >= 0.3 is 5.97 Å². The van der Waals surface area contributed by atoms with Crippen molar-refractivity contribution in [1.29, 1.82) is 0 Å². The molecule has 1 unspecified atom stereocenters. The number of carbonyl (C=O) groups excluding carboxylic acids is 6. The summed E-state index contributed by atoms with van der Waals surface area (Å²) in [5.41, 5.74) is 15.2. The first-order valence-electron chi connectivity index (χ1n) is 21.0. The van der Waals surface area contributed by atoms with Crippen LogP contribution in [-0.4, -0.2) is 122 Å². The number of imide groups is 2. The number of nitrogens with two attached hydrogens (primary N) is 2. The number of hydrogen-bond acceptors (Lipinski definition) is 15. The standard InChI is InChI=1S/C43H48N12O8/c1-52(22-26-21-46-37-35(47-26)36(44)50-43(45)51-37)27-4-2-25(3-5-27)38(58)48-31(42(62)63)8-11-34(57)54-18-14-24(15-19-54)23-12-16-53(17-13-23)28-6-7-29-30(20-28)41(61)55(40(29)60)32-9-10-33(56)49-39(32)59/h2-7,20-21,23-24,31-32H,8-19,22H2,1H3,(H,48,58)(H,62,63)(H,49,56,59)(H4,44,45,46,50,51)/t31-,32?/m0/s1. The molecule has 0 saturated carbocycles. The molecule has 4 aliphatic heterocycles. The van der Waals surface area contributed by atoms with Gasteiger partial charge in [0.1, 0.15) is 12.1 Å². The minimum Gasteiger partial charge on any atom is -0.480 e. The van der Waals surface area contributed by atoms with E-state index >= 15 is 0 Å². The number of nitrogens with one attached hydrogen (secondary N) is 2. The summed E-state index contributed by atoms with van der Waals surface area (Å²) in [7, 11) is 1.84. The van der Waals surface area contributed by atoms with Crippen molar-refractivity contribution in [2.24, 2.45) is 11.8 Å². The fraction of sp³-hybridized carbons (Fsp3) is 0.419. The second-order valence-corrected chi connectivity index (χ2v) is 16.5. The second-order valence-electron chi connectivity index (χ2n) is 16.5. The summed E-state index contributed by atoms with van der Waals surface area (Å²) in [4.78, 5) is 113. The third kappa shape index (κ3) is 8.91. The largest absolute Gasteiger partial charge is 0.480 e. The van der Waals surface area contributed by atoms with Crippen LogP contribution in [-0.2, 0) is 25.7 Å². The van der Waals surface area contributed by atoms with Gasteiger partial charge in [0, 0.05) is 63.0 Å². The van der Waals surface area contributed by atoms with Crippen LogP contribution < -0.4 is 31.9 Å². The minimum absolute atomic E-state index is 0.00718. The van der Waals surface area contributed by atoms with E-state index in [4.69, 9.17) is 11.5 Å². The number of benzene rings is 2. The van der Waals surface area contributed by atoms with Gasteiger partial charge in [-0.25, -0.2) is 14.8 Å². The van der Waals surface area contributed by atoms with Gasteiger partial charge < -0.3 is 36.6 Å². The van der Waals surface area contributed by atoms with E-state index in [1.807, 2.05) is 18.0 Å². The molecule has 0 bridgehead atoms. The van der Waals surface area contributed by atoms with Gasteiger partial charge in [-0.3, -0.25) is 39.0 Å². The molecule has 3 fully saturated rings. The molecule has 4 aliphatic rings. The monoisotopic (exact) mass is 860 g/mol. The van der Waals surface area contributed by atoms with E-state index in [1.54, 1.807) is 47.5 Å². The molecule has 0 spiro atoms. The number of aliphatic carboxylic acids is 1. The van der Waals surface area contributed by atoms with Crippen LogP contribution in [0.4, 0.5) is 23.1 Å². The number of amides is 6. The Morgan fingerprint density at radius 1 is 0.889 bits per heavy atom. The molecule has 63 heavy (non-hydrogen) atoms. The molecule has 6 heterocycles. The summed E-state index contributed by atoms with van der Waals surface area (Å²) in [6.45, 7) is 3.02. The number of nitrogens with zero attached hydrogens (tertiary/aromatic N) is 8. The molecular weight excluding hydrogens is 813 g/mol. The number of hydrogen-bond donors (Lipinski definition) is 5. The predicted molar refractivity (Wildman–Crippen MR) is 228 cm³/mol. The van der Waals surface area contributed by atoms with Crippen LogP contribution in [0.25, 0.3) is 11.2 Å². The average molecular weight is 861 g/mol. The van der Waals surface area contributed by atoms with Crippen LogP contribution in [0, 0.1) is 11.8 Å². The zero-order valence-electron chi connectivity index (χ0n) is 34.7. The van der Waals surface area contributed by atoms with E-state index in [0.717, 1.165) is 55.0 Å². The van der Waals surface area contributed by atoms with Crippen LogP contribution >= 0.6 is 0 Å². The third-order valence-corrected chi connectivity index (χ3v) is 12.6. The zero-order chi connectivity index (χ0) is 44.5. The van der Waals surface area contributed by atoms with Gasteiger partial charge in [0.15, 0.2) is 17.0 Å². The van der Waals surface area contributed by atoms with Crippen molar-refractivity contribution in [2.45, 2.75) is 70.0 Å². The second kappa shape index (κ2) is 17.6. The van der Waals surface area contributed by atoms with Gasteiger partial charge in [-0.15, -0.1) is 0 Å². The lowest BCUT2D eigenvalue weighted by molar-refractivity contribution is -0.140. The Bertz CT molecular complexity index is 2500. The fourth-order valence-electron chi connectivity index (χ4n) is 9.09. The highest BCUT2D eigenvalue weighted by Gasteiger charge is 2.45. The quantitative estimate of drug-likeness (QED) is 0.127. The number of rotatable bonds is 12. The number of anilines is 4. The van der Waals surface area contributed by atoms with Gasteiger partial charge in [-0.05, 0) is 92.8 Å². The van der Waals surface area contributed by atoms with Crippen molar-refractivity contribution in [3.63, 3.8) is 0 Å². The lowest BCUT2D eigenvalue weighted by atomic mass is 9.78. The summed E-state index contributed by atoms with van der Waals surface area (Å²) in [5, 5.41) is 14.7. The lowest BCUT2D eigenvalue weighted by Gasteiger charge is -2.41. The van der Waals surface area contributed by atoms with Crippen LogP contribution in [0.1, 0.15) is 88.1 Å². The van der Waals surface area contributed by atoms with E-state index < -0.39 is 47.6 Å². The Kier molecular flexibility index (Phi) is 11.9. The molecule has 20 nitrogen and oxygen atoms in total.